The van der Waals surface area contributed by atoms with E-state index in [9.17, 15) is 13.2 Å². The van der Waals surface area contributed by atoms with Gasteiger partial charge in [-0.3, -0.25) is 9.10 Å². The molecular formula is C21H18BrClN2O3S. The molecule has 3 aromatic carbocycles. The molecule has 0 heterocycles. The van der Waals surface area contributed by atoms with Crippen LogP contribution in [0.25, 0.3) is 0 Å². The maximum atomic E-state index is 13.3. The van der Waals surface area contributed by atoms with E-state index in [4.69, 9.17) is 11.6 Å². The number of carbonyl (C=O) groups is 1. The standard InChI is InChI=1S/C21H18BrClN2O3S/c1-15-18(23)11-7-13-20(15)25(29(27,28)16-8-3-2-4-9-16)14-21(26)24-19-12-6-5-10-17(19)22/h2-13H,14H2,1H3,(H,24,26). The first kappa shape index (κ1) is 21.4. The Bertz CT molecular complexity index is 1140. The molecule has 8 heteroatoms. The molecule has 0 atom stereocenters. The summed E-state index contributed by atoms with van der Waals surface area (Å²) in [5.41, 5.74) is 1.48. The molecule has 3 aromatic rings. The van der Waals surface area contributed by atoms with Crippen LogP contribution >= 0.6 is 27.5 Å². The Kier molecular flexibility index (Phi) is 6.62. The average molecular weight is 494 g/mol. The zero-order chi connectivity index (χ0) is 21.0. The van der Waals surface area contributed by atoms with Gasteiger partial charge in [0.2, 0.25) is 5.91 Å². The molecule has 1 amide bonds. The van der Waals surface area contributed by atoms with Crippen molar-refractivity contribution >= 4 is 54.8 Å². The summed E-state index contributed by atoms with van der Waals surface area (Å²) in [6.07, 6.45) is 0. The van der Waals surface area contributed by atoms with E-state index < -0.39 is 22.5 Å². The van der Waals surface area contributed by atoms with Crippen LogP contribution in [-0.4, -0.2) is 20.9 Å². The molecule has 0 aliphatic heterocycles. The molecule has 0 fully saturated rings. The summed E-state index contributed by atoms with van der Waals surface area (Å²) in [5.74, 6) is -0.476. The highest BCUT2D eigenvalue weighted by atomic mass is 79.9. The van der Waals surface area contributed by atoms with Crippen molar-refractivity contribution in [3.8, 4) is 0 Å². The van der Waals surface area contributed by atoms with Crippen LogP contribution in [0.3, 0.4) is 0 Å². The molecule has 1 N–H and O–H groups in total. The molecule has 29 heavy (non-hydrogen) atoms. The van der Waals surface area contributed by atoms with Gasteiger partial charge in [-0.15, -0.1) is 0 Å². The van der Waals surface area contributed by atoms with Gasteiger partial charge in [-0.2, -0.15) is 0 Å². The van der Waals surface area contributed by atoms with Gasteiger partial charge in [-0.05, 0) is 64.8 Å². The Hall–Kier alpha value is -2.35. The zero-order valence-electron chi connectivity index (χ0n) is 15.5. The Morgan fingerprint density at radius 2 is 1.66 bits per heavy atom. The van der Waals surface area contributed by atoms with Crippen molar-refractivity contribution < 1.29 is 13.2 Å². The molecule has 3 rings (SSSR count). The van der Waals surface area contributed by atoms with Crippen molar-refractivity contribution in [2.45, 2.75) is 11.8 Å². The first-order valence-electron chi connectivity index (χ1n) is 8.68. The fraction of sp³-hybridized carbons (Fsp3) is 0.0952. The summed E-state index contributed by atoms with van der Waals surface area (Å²) in [6.45, 7) is 1.32. The van der Waals surface area contributed by atoms with Crippen LogP contribution < -0.4 is 9.62 Å². The highest BCUT2D eigenvalue weighted by molar-refractivity contribution is 9.10. The zero-order valence-corrected chi connectivity index (χ0v) is 18.6. The predicted molar refractivity (Wildman–Crippen MR) is 120 cm³/mol. The Balaban J connectivity index is 2.01. The van der Waals surface area contributed by atoms with Gasteiger partial charge >= 0.3 is 0 Å². The van der Waals surface area contributed by atoms with Gasteiger partial charge < -0.3 is 5.32 Å². The van der Waals surface area contributed by atoms with E-state index in [1.807, 2.05) is 6.07 Å². The van der Waals surface area contributed by atoms with Crippen LogP contribution in [-0.2, 0) is 14.8 Å². The normalized spacial score (nSPS) is 11.1. The number of nitrogens with zero attached hydrogens (tertiary/aromatic N) is 1. The molecule has 0 saturated heterocycles. The maximum Gasteiger partial charge on any atom is 0.264 e. The van der Waals surface area contributed by atoms with Crippen LogP contribution in [0.4, 0.5) is 11.4 Å². The highest BCUT2D eigenvalue weighted by Crippen LogP contribution is 2.31. The summed E-state index contributed by atoms with van der Waals surface area (Å²) in [7, 11) is -3.99. The summed E-state index contributed by atoms with van der Waals surface area (Å²) >= 11 is 9.58. The van der Waals surface area contributed by atoms with Gasteiger partial charge in [0.25, 0.3) is 10.0 Å². The van der Waals surface area contributed by atoms with Crippen LogP contribution in [0.2, 0.25) is 5.02 Å². The minimum absolute atomic E-state index is 0.0908. The lowest BCUT2D eigenvalue weighted by atomic mass is 10.2. The molecule has 5 nitrogen and oxygen atoms in total. The molecule has 0 aromatic heterocycles. The third-order valence-corrected chi connectivity index (χ3v) is 7.15. The third-order valence-electron chi connectivity index (χ3n) is 4.27. The van der Waals surface area contributed by atoms with Crippen LogP contribution in [0, 0.1) is 6.92 Å². The monoisotopic (exact) mass is 492 g/mol. The number of nitrogens with one attached hydrogen (secondary N) is 1. The molecule has 0 spiro atoms. The van der Waals surface area contributed by atoms with E-state index in [1.54, 1.807) is 61.5 Å². The fourth-order valence-corrected chi connectivity index (χ4v) is 4.82. The van der Waals surface area contributed by atoms with E-state index in [2.05, 4.69) is 21.2 Å². The summed E-state index contributed by atoms with van der Waals surface area (Å²) in [5, 5.41) is 3.16. The number of rotatable bonds is 6. The molecule has 0 aliphatic carbocycles. The van der Waals surface area contributed by atoms with Gasteiger partial charge in [0.15, 0.2) is 0 Å². The lowest BCUT2D eigenvalue weighted by molar-refractivity contribution is -0.114. The number of hydrogen-bond donors (Lipinski definition) is 1. The largest absolute Gasteiger partial charge is 0.323 e. The molecule has 0 unspecified atom stereocenters. The van der Waals surface area contributed by atoms with Gasteiger partial charge in [0, 0.05) is 9.50 Å². The van der Waals surface area contributed by atoms with E-state index in [-0.39, 0.29) is 4.90 Å². The SMILES string of the molecule is Cc1c(Cl)cccc1N(CC(=O)Nc1ccccc1Br)S(=O)(=O)c1ccccc1. The van der Waals surface area contributed by atoms with Crippen LogP contribution in [0.5, 0.6) is 0 Å². The second kappa shape index (κ2) is 8.98. The number of halogens is 2. The van der Waals surface area contributed by atoms with Crippen molar-refractivity contribution in [2.24, 2.45) is 0 Å². The second-order valence-corrected chi connectivity index (χ2v) is 9.36. The second-order valence-electron chi connectivity index (χ2n) is 6.24. The Labute approximate surface area is 183 Å². The first-order valence-corrected chi connectivity index (χ1v) is 11.3. The van der Waals surface area contributed by atoms with Gasteiger partial charge in [-0.25, -0.2) is 8.42 Å². The lowest BCUT2D eigenvalue weighted by Crippen LogP contribution is -2.38. The number of benzene rings is 3. The summed E-state index contributed by atoms with van der Waals surface area (Å²) in [6, 6.07) is 20.1. The van der Waals surface area contributed by atoms with Crippen LogP contribution in [0.1, 0.15) is 5.56 Å². The Morgan fingerprint density at radius 1 is 1.00 bits per heavy atom. The predicted octanol–water partition coefficient (Wildman–Crippen LogP) is 5.24. The summed E-state index contributed by atoms with van der Waals surface area (Å²) in [4.78, 5) is 12.8. The molecular weight excluding hydrogens is 476 g/mol. The number of anilines is 2. The molecule has 0 bridgehead atoms. The van der Waals surface area contributed by atoms with E-state index in [1.165, 1.54) is 12.1 Å². The van der Waals surface area contributed by atoms with Crippen LogP contribution in [0.15, 0.2) is 82.2 Å². The van der Waals surface area contributed by atoms with Crippen molar-refractivity contribution in [1.82, 2.24) is 0 Å². The topological polar surface area (TPSA) is 66.5 Å². The average Bonchev–Trinajstić information content (AvgIpc) is 2.71. The van der Waals surface area contributed by atoms with Crippen molar-refractivity contribution in [1.29, 1.82) is 0 Å². The number of para-hydroxylation sites is 1. The van der Waals surface area contributed by atoms with Crippen molar-refractivity contribution in [3.05, 3.63) is 87.9 Å². The van der Waals surface area contributed by atoms with Gasteiger partial charge in [0.1, 0.15) is 6.54 Å². The Morgan fingerprint density at radius 3 is 2.34 bits per heavy atom. The smallest absolute Gasteiger partial charge is 0.264 e. The minimum atomic E-state index is -3.99. The third kappa shape index (κ3) is 4.80. The van der Waals surface area contributed by atoms with E-state index >= 15 is 0 Å². The number of sulfonamides is 1. The van der Waals surface area contributed by atoms with Crippen molar-refractivity contribution in [3.63, 3.8) is 0 Å². The summed E-state index contributed by atoms with van der Waals surface area (Å²) < 4.78 is 28.5. The molecule has 0 saturated carbocycles. The fourth-order valence-electron chi connectivity index (χ4n) is 2.77. The lowest BCUT2D eigenvalue weighted by Gasteiger charge is -2.26. The van der Waals surface area contributed by atoms with Gasteiger partial charge in [-0.1, -0.05) is 48.0 Å². The first-order chi connectivity index (χ1) is 13.8. The number of amides is 1. The van der Waals surface area contributed by atoms with E-state index in [0.717, 1.165) is 4.31 Å². The number of hydrogen-bond acceptors (Lipinski definition) is 3. The number of carbonyl (C=O) groups excluding carboxylic acids is 1. The quantitative estimate of drug-likeness (QED) is 0.510. The van der Waals surface area contributed by atoms with Gasteiger partial charge in [0.05, 0.1) is 16.3 Å². The van der Waals surface area contributed by atoms with E-state index in [0.29, 0.717) is 26.4 Å². The minimum Gasteiger partial charge on any atom is -0.323 e. The van der Waals surface area contributed by atoms with Crippen molar-refractivity contribution in [2.75, 3.05) is 16.2 Å². The molecule has 0 radical (unpaired) electrons. The highest BCUT2D eigenvalue weighted by Gasteiger charge is 2.28. The maximum absolute atomic E-state index is 13.3. The molecule has 0 aliphatic rings. The molecule has 150 valence electrons.